The molecule has 1 aliphatic heterocycles. The minimum atomic E-state index is -3.53. The molecular formula is C15H23NO4S. The third kappa shape index (κ3) is 3.63. The van der Waals surface area contributed by atoms with Crippen LogP contribution in [0.4, 0.5) is 0 Å². The Morgan fingerprint density at radius 2 is 1.90 bits per heavy atom. The molecule has 1 aromatic carbocycles. The fourth-order valence-electron chi connectivity index (χ4n) is 2.30. The minimum Gasteiger partial charge on any atom is -0.394 e. The van der Waals surface area contributed by atoms with Gasteiger partial charge in [-0.2, -0.15) is 4.31 Å². The zero-order chi connectivity index (χ0) is 15.7. The minimum absolute atomic E-state index is 0.0107. The van der Waals surface area contributed by atoms with E-state index >= 15 is 0 Å². The Kier molecular flexibility index (Phi) is 4.72. The van der Waals surface area contributed by atoms with Crippen LogP contribution in [-0.4, -0.2) is 50.2 Å². The van der Waals surface area contributed by atoms with Gasteiger partial charge in [-0.15, -0.1) is 0 Å². The number of nitrogens with zero attached hydrogens (tertiary/aromatic N) is 1. The van der Waals surface area contributed by atoms with Crippen molar-refractivity contribution in [3.63, 3.8) is 0 Å². The largest absolute Gasteiger partial charge is 0.394 e. The predicted octanol–water partition coefficient (Wildman–Crippen LogP) is 1.37. The Hall–Kier alpha value is -0.950. The van der Waals surface area contributed by atoms with Gasteiger partial charge in [0.1, 0.15) is 0 Å². The Labute approximate surface area is 126 Å². The van der Waals surface area contributed by atoms with Gasteiger partial charge in [0.25, 0.3) is 0 Å². The lowest BCUT2D eigenvalue weighted by Crippen LogP contribution is -2.46. The van der Waals surface area contributed by atoms with E-state index in [1.54, 1.807) is 12.1 Å². The van der Waals surface area contributed by atoms with Crippen LogP contribution in [0.2, 0.25) is 0 Å². The average molecular weight is 313 g/mol. The number of hydrogen-bond acceptors (Lipinski definition) is 4. The van der Waals surface area contributed by atoms with Crippen LogP contribution in [-0.2, 0) is 20.2 Å². The molecule has 0 saturated carbocycles. The van der Waals surface area contributed by atoms with Crippen molar-refractivity contribution in [1.82, 2.24) is 4.31 Å². The van der Waals surface area contributed by atoms with Gasteiger partial charge < -0.3 is 9.84 Å². The van der Waals surface area contributed by atoms with Crippen LogP contribution < -0.4 is 0 Å². The second-order valence-corrected chi connectivity index (χ2v) is 8.25. The number of hydrogen-bond donors (Lipinski definition) is 1. The van der Waals surface area contributed by atoms with E-state index in [2.05, 4.69) is 20.8 Å². The summed E-state index contributed by atoms with van der Waals surface area (Å²) in [7, 11) is -3.53. The molecular weight excluding hydrogens is 290 g/mol. The van der Waals surface area contributed by atoms with Crippen LogP contribution >= 0.6 is 0 Å². The highest BCUT2D eigenvalue weighted by molar-refractivity contribution is 7.89. The lowest BCUT2D eigenvalue weighted by Gasteiger charge is -2.31. The Morgan fingerprint density at radius 3 is 2.43 bits per heavy atom. The van der Waals surface area contributed by atoms with Crippen LogP contribution in [0, 0.1) is 0 Å². The van der Waals surface area contributed by atoms with E-state index in [4.69, 9.17) is 9.84 Å². The lowest BCUT2D eigenvalue weighted by molar-refractivity contribution is -0.0304. The van der Waals surface area contributed by atoms with E-state index in [0.717, 1.165) is 5.56 Å². The van der Waals surface area contributed by atoms with Gasteiger partial charge in [0, 0.05) is 13.1 Å². The molecule has 5 nitrogen and oxygen atoms in total. The molecule has 21 heavy (non-hydrogen) atoms. The van der Waals surface area contributed by atoms with Gasteiger partial charge in [0.05, 0.1) is 24.2 Å². The fraction of sp³-hybridized carbons (Fsp3) is 0.600. The molecule has 0 radical (unpaired) electrons. The topological polar surface area (TPSA) is 66.8 Å². The summed E-state index contributed by atoms with van der Waals surface area (Å²) in [4.78, 5) is 0.286. The number of ether oxygens (including phenoxy) is 1. The van der Waals surface area contributed by atoms with E-state index in [0.29, 0.717) is 13.2 Å². The molecule has 1 atom stereocenters. The van der Waals surface area contributed by atoms with E-state index in [1.807, 2.05) is 12.1 Å². The molecule has 2 rings (SSSR count). The molecule has 6 heteroatoms. The van der Waals surface area contributed by atoms with Crippen molar-refractivity contribution in [3.05, 3.63) is 29.8 Å². The SMILES string of the molecule is CC(C)(C)c1ccc(S(=O)(=O)N2CCOC(CO)C2)cc1. The van der Waals surface area contributed by atoms with Gasteiger partial charge >= 0.3 is 0 Å². The van der Waals surface area contributed by atoms with Gasteiger partial charge in [-0.1, -0.05) is 32.9 Å². The number of morpholine rings is 1. The van der Waals surface area contributed by atoms with Crippen LogP contribution in [0.5, 0.6) is 0 Å². The normalized spacial score (nSPS) is 21.4. The quantitative estimate of drug-likeness (QED) is 0.915. The Bertz CT molecular complexity index is 575. The number of rotatable bonds is 3. The highest BCUT2D eigenvalue weighted by atomic mass is 32.2. The summed E-state index contributed by atoms with van der Waals surface area (Å²) in [6.07, 6.45) is -0.442. The summed E-state index contributed by atoms with van der Waals surface area (Å²) in [5.41, 5.74) is 1.08. The average Bonchev–Trinajstić information content (AvgIpc) is 2.46. The van der Waals surface area contributed by atoms with Crippen molar-refractivity contribution in [3.8, 4) is 0 Å². The molecule has 0 aromatic heterocycles. The zero-order valence-electron chi connectivity index (χ0n) is 12.7. The number of aliphatic hydroxyl groups is 1. The maximum absolute atomic E-state index is 12.6. The monoisotopic (exact) mass is 313 g/mol. The number of sulfonamides is 1. The second-order valence-electron chi connectivity index (χ2n) is 6.31. The van der Waals surface area contributed by atoms with Crippen LogP contribution in [0.25, 0.3) is 0 Å². The molecule has 1 unspecified atom stereocenters. The molecule has 0 amide bonds. The smallest absolute Gasteiger partial charge is 0.243 e. The van der Waals surface area contributed by atoms with E-state index in [-0.39, 0.29) is 23.5 Å². The van der Waals surface area contributed by atoms with Crippen LogP contribution in [0.3, 0.4) is 0 Å². The number of aliphatic hydroxyl groups excluding tert-OH is 1. The maximum atomic E-state index is 12.6. The summed E-state index contributed by atoms with van der Waals surface area (Å²) >= 11 is 0. The molecule has 118 valence electrons. The van der Waals surface area contributed by atoms with Gasteiger partial charge in [-0.05, 0) is 23.1 Å². The van der Waals surface area contributed by atoms with Gasteiger partial charge in [-0.3, -0.25) is 0 Å². The van der Waals surface area contributed by atoms with Gasteiger partial charge in [0.15, 0.2) is 0 Å². The first kappa shape index (κ1) is 16.4. The van der Waals surface area contributed by atoms with E-state index in [9.17, 15) is 8.42 Å². The lowest BCUT2D eigenvalue weighted by atomic mass is 9.87. The van der Waals surface area contributed by atoms with Crippen molar-refractivity contribution >= 4 is 10.0 Å². The molecule has 0 aliphatic carbocycles. The molecule has 1 fully saturated rings. The maximum Gasteiger partial charge on any atom is 0.243 e. The summed E-state index contributed by atoms with van der Waals surface area (Å²) < 4.78 is 31.9. The van der Waals surface area contributed by atoms with Gasteiger partial charge in [-0.25, -0.2) is 8.42 Å². The molecule has 1 N–H and O–H groups in total. The third-order valence-corrected chi connectivity index (χ3v) is 5.54. The highest BCUT2D eigenvalue weighted by Crippen LogP contribution is 2.25. The molecule has 0 spiro atoms. The van der Waals surface area contributed by atoms with Crippen molar-refractivity contribution in [2.75, 3.05) is 26.3 Å². The summed E-state index contributed by atoms with van der Waals surface area (Å²) in [6.45, 7) is 6.91. The van der Waals surface area contributed by atoms with Crippen LogP contribution in [0.1, 0.15) is 26.3 Å². The van der Waals surface area contributed by atoms with Crippen molar-refractivity contribution in [2.45, 2.75) is 37.2 Å². The third-order valence-electron chi connectivity index (χ3n) is 3.66. The molecule has 0 bridgehead atoms. The first-order valence-corrected chi connectivity index (χ1v) is 8.52. The highest BCUT2D eigenvalue weighted by Gasteiger charge is 2.30. The molecule has 1 aromatic rings. The van der Waals surface area contributed by atoms with Crippen LogP contribution in [0.15, 0.2) is 29.2 Å². The molecule has 1 aliphatic rings. The molecule has 1 saturated heterocycles. The second kappa shape index (κ2) is 6.04. The predicted molar refractivity (Wildman–Crippen MR) is 80.7 cm³/mol. The fourth-order valence-corrected chi connectivity index (χ4v) is 3.75. The Balaban J connectivity index is 2.23. The molecule has 1 heterocycles. The summed E-state index contributed by atoms with van der Waals surface area (Å²) in [6, 6.07) is 7.02. The number of benzene rings is 1. The van der Waals surface area contributed by atoms with Gasteiger partial charge in [0.2, 0.25) is 10.0 Å². The summed E-state index contributed by atoms with van der Waals surface area (Å²) in [5.74, 6) is 0. The summed E-state index contributed by atoms with van der Waals surface area (Å²) in [5, 5.41) is 9.12. The standard InChI is InChI=1S/C15H23NO4S/c1-15(2,3)12-4-6-14(7-5-12)21(18,19)16-8-9-20-13(10-16)11-17/h4-7,13,17H,8-11H2,1-3H3. The first-order valence-electron chi connectivity index (χ1n) is 7.08. The van der Waals surface area contributed by atoms with Crippen molar-refractivity contribution < 1.29 is 18.3 Å². The zero-order valence-corrected chi connectivity index (χ0v) is 13.6. The Morgan fingerprint density at radius 1 is 1.29 bits per heavy atom. The van der Waals surface area contributed by atoms with Crippen molar-refractivity contribution in [1.29, 1.82) is 0 Å². The first-order chi connectivity index (χ1) is 9.75. The van der Waals surface area contributed by atoms with E-state index in [1.165, 1.54) is 4.31 Å². The van der Waals surface area contributed by atoms with Crippen molar-refractivity contribution in [2.24, 2.45) is 0 Å². The van der Waals surface area contributed by atoms with E-state index < -0.39 is 16.1 Å².